The predicted molar refractivity (Wildman–Crippen MR) is 144 cm³/mol. The van der Waals surface area contributed by atoms with Crippen LogP contribution in [0.3, 0.4) is 0 Å². The Labute approximate surface area is 277 Å². The Kier molecular flexibility index (Phi) is 9.74. The minimum atomic E-state index is -6.04. The molecule has 0 heterocycles. The molecule has 0 saturated carbocycles. The molecule has 0 radical (unpaired) electrons. The van der Waals surface area contributed by atoms with Crippen LogP contribution < -0.4 is 20.9 Å². The van der Waals surface area contributed by atoms with Gasteiger partial charge in [0.1, 0.15) is 22.6 Å². The van der Waals surface area contributed by atoms with Crippen molar-refractivity contribution in [2.75, 3.05) is 11.5 Å². The third-order valence-corrected chi connectivity index (χ3v) is 6.77. The van der Waals surface area contributed by atoms with Gasteiger partial charge in [-0.05, 0) is 71.8 Å². The van der Waals surface area contributed by atoms with Gasteiger partial charge in [-0.3, -0.25) is 0 Å². The van der Waals surface area contributed by atoms with Crippen molar-refractivity contribution in [3.05, 3.63) is 94.0 Å². The zero-order valence-electron chi connectivity index (χ0n) is 24.5. The van der Waals surface area contributed by atoms with Crippen LogP contribution in [0.2, 0.25) is 0 Å². The summed E-state index contributed by atoms with van der Waals surface area (Å²) in [7, 11) is 0. The molecular formula is C30H14F18N2O2. The van der Waals surface area contributed by atoms with Crippen molar-refractivity contribution < 1.29 is 88.5 Å². The molecule has 4 aromatic rings. The van der Waals surface area contributed by atoms with Gasteiger partial charge in [0, 0.05) is 11.4 Å². The van der Waals surface area contributed by atoms with Crippen LogP contribution in [0.15, 0.2) is 60.7 Å². The smallest absolute Gasteiger partial charge is 0.420 e. The fourth-order valence-corrected chi connectivity index (χ4v) is 4.59. The second-order valence-electron chi connectivity index (χ2n) is 10.5. The highest BCUT2D eigenvalue weighted by Gasteiger charge is 2.47. The SMILES string of the molecule is Nc1ccc(Oc2c(C(F)(F)F)cc(-c3cc(C(F)(F)F)c(Oc4ccc(N)cc4C(F)(F)F)c(C(F)(F)F)c3)cc2C(F)(F)F)c(C(F)(F)F)c1. The van der Waals surface area contributed by atoms with E-state index in [-0.39, 0.29) is 24.3 Å². The maximum atomic E-state index is 14.2. The lowest BCUT2D eigenvalue weighted by atomic mass is 9.94. The number of ether oxygens (including phenoxy) is 2. The van der Waals surface area contributed by atoms with Crippen molar-refractivity contribution in [3.63, 3.8) is 0 Å². The molecule has 0 saturated heterocycles. The van der Waals surface area contributed by atoms with Gasteiger partial charge in [0.05, 0.1) is 22.3 Å². The number of nitrogen functional groups attached to an aromatic ring is 2. The Morgan fingerprint density at radius 1 is 0.327 bits per heavy atom. The van der Waals surface area contributed by atoms with Gasteiger partial charge in [0.25, 0.3) is 0 Å². The van der Waals surface area contributed by atoms with E-state index in [4.69, 9.17) is 11.5 Å². The van der Waals surface area contributed by atoms with E-state index < -0.39 is 140 Å². The van der Waals surface area contributed by atoms with Crippen LogP contribution in [0.4, 0.5) is 90.4 Å². The highest BCUT2D eigenvalue weighted by atomic mass is 19.4. The van der Waals surface area contributed by atoms with Crippen molar-refractivity contribution in [3.8, 4) is 34.1 Å². The summed E-state index contributed by atoms with van der Waals surface area (Å²) in [6, 6.07) is 0.134. The molecule has 52 heavy (non-hydrogen) atoms. The first-order chi connectivity index (χ1) is 23.4. The number of benzene rings is 4. The minimum absolute atomic E-state index is 0.0905. The lowest BCUT2D eigenvalue weighted by molar-refractivity contribution is -0.147. The van der Waals surface area contributed by atoms with Gasteiger partial charge < -0.3 is 20.9 Å². The zero-order valence-corrected chi connectivity index (χ0v) is 24.5. The van der Waals surface area contributed by atoms with Crippen molar-refractivity contribution in [1.29, 1.82) is 0 Å². The van der Waals surface area contributed by atoms with E-state index >= 15 is 0 Å². The van der Waals surface area contributed by atoms with Gasteiger partial charge in [-0.2, -0.15) is 79.0 Å². The molecule has 0 aliphatic carbocycles. The van der Waals surface area contributed by atoms with Crippen LogP contribution >= 0.6 is 0 Å². The largest absolute Gasteiger partial charge is 0.455 e. The summed E-state index contributed by atoms with van der Waals surface area (Å²) in [5.41, 5.74) is -8.58. The highest BCUT2D eigenvalue weighted by molar-refractivity contribution is 5.73. The minimum Gasteiger partial charge on any atom is -0.455 e. The first kappa shape index (κ1) is 39.6. The lowest BCUT2D eigenvalue weighted by Crippen LogP contribution is -2.17. The molecule has 4 aromatic carbocycles. The molecule has 0 aromatic heterocycles. The summed E-state index contributed by atoms with van der Waals surface area (Å²) in [5.74, 6) is -8.08. The molecule has 0 atom stereocenters. The molecule has 282 valence electrons. The fraction of sp³-hybridized carbons (Fsp3) is 0.200. The summed E-state index contributed by atoms with van der Waals surface area (Å²) in [6.07, 6.45) is -35.1. The highest BCUT2D eigenvalue weighted by Crippen LogP contribution is 2.53. The lowest BCUT2D eigenvalue weighted by Gasteiger charge is -2.24. The van der Waals surface area contributed by atoms with E-state index in [0.29, 0.717) is 12.1 Å². The van der Waals surface area contributed by atoms with Crippen LogP contribution in [-0.2, 0) is 37.1 Å². The van der Waals surface area contributed by atoms with E-state index in [9.17, 15) is 79.0 Å². The molecule has 4 rings (SSSR count). The summed E-state index contributed by atoms with van der Waals surface area (Å²) in [4.78, 5) is 0. The molecule has 0 bridgehead atoms. The molecule has 22 heteroatoms. The molecular weight excluding hydrogens is 762 g/mol. The van der Waals surface area contributed by atoms with E-state index in [0.717, 1.165) is 0 Å². The van der Waals surface area contributed by atoms with Gasteiger partial charge in [-0.15, -0.1) is 0 Å². The zero-order chi connectivity index (χ0) is 39.6. The quantitative estimate of drug-likeness (QED) is 0.156. The molecule has 0 unspecified atom stereocenters. The normalized spacial score (nSPS) is 13.3. The Balaban J connectivity index is 2.08. The Morgan fingerprint density at radius 3 is 0.769 bits per heavy atom. The maximum Gasteiger partial charge on any atom is 0.420 e. The number of anilines is 2. The van der Waals surface area contributed by atoms with Gasteiger partial charge in [-0.1, -0.05) is 0 Å². The fourth-order valence-electron chi connectivity index (χ4n) is 4.59. The van der Waals surface area contributed by atoms with Crippen LogP contribution in [0.5, 0.6) is 23.0 Å². The molecule has 4 N–H and O–H groups in total. The molecule has 0 spiro atoms. The van der Waals surface area contributed by atoms with E-state index in [2.05, 4.69) is 9.47 Å². The standard InChI is InChI=1S/C30H14F18N2O2/c31-25(32,33)15-9-13(49)1-3-21(15)51-23-17(27(37,38)39)5-11(6-18(23)28(40,41)42)12-7-19(29(43,44)45)24(20(8-12)30(46,47)48)52-22-4-2-14(50)10-16(22)26(34,35)36/h1-10H,49-50H2. The van der Waals surface area contributed by atoms with Gasteiger partial charge in [0.15, 0.2) is 11.5 Å². The Hall–Kier alpha value is -5.18. The number of halogens is 18. The molecule has 0 aliphatic heterocycles. The number of hydrogen-bond acceptors (Lipinski definition) is 4. The van der Waals surface area contributed by atoms with E-state index in [1.807, 2.05) is 0 Å². The maximum absolute atomic E-state index is 14.2. The average molecular weight is 776 g/mol. The Bertz CT molecular complexity index is 1770. The summed E-state index contributed by atoms with van der Waals surface area (Å²) >= 11 is 0. The monoisotopic (exact) mass is 776 g/mol. The van der Waals surface area contributed by atoms with Crippen molar-refractivity contribution in [2.24, 2.45) is 0 Å². The summed E-state index contributed by atoms with van der Waals surface area (Å²) in [5, 5.41) is 0. The third kappa shape index (κ3) is 8.47. The third-order valence-electron chi connectivity index (χ3n) is 6.77. The molecule has 0 aliphatic rings. The van der Waals surface area contributed by atoms with Crippen molar-refractivity contribution in [1.82, 2.24) is 0 Å². The van der Waals surface area contributed by atoms with Crippen LogP contribution in [-0.4, -0.2) is 0 Å². The Morgan fingerprint density at radius 2 is 0.558 bits per heavy atom. The van der Waals surface area contributed by atoms with E-state index in [1.165, 1.54) is 0 Å². The van der Waals surface area contributed by atoms with Gasteiger partial charge in [-0.25, -0.2) is 0 Å². The predicted octanol–water partition coefficient (Wildman–Crippen LogP) is 12.2. The van der Waals surface area contributed by atoms with Gasteiger partial charge >= 0.3 is 37.1 Å². The van der Waals surface area contributed by atoms with Crippen LogP contribution in [0, 0.1) is 0 Å². The van der Waals surface area contributed by atoms with E-state index in [1.54, 1.807) is 0 Å². The number of hydrogen-bond donors (Lipinski definition) is 2. The second-order valence-corrected chi connectivity index (χ2v) is 10.5. The molecule has 0 amide bonds. The summed E-state index contributed by atoms with van der Waals surface area (Å²) < 4.78 is 261. The number of rotatable bonds is 5. The van der Waals surface area contributed by atoms with Gasteiger partial charge in [0.2, 0.25) is 0 Å². The summed E-state index contributed by atoms with van der Waals surface area (Å²) in [6.45, 7) is 0. The van der Waals surface area contributed by atoms with Crippen molar-refractivity contribution in [2.45, 2.75) is 37.1 Å². The molecule has 4 nitrogen and oxygen atoms in total. The average Bonchev–Trinajstić information content (AvgIpc) is 2.95. The topological polar surface area (TPSA) is 70.5 Å². The number of nitrogens with two attached hydrogens (primary N) is 2. The van der Waals surface area contributed by atoms with Crippen LogP contribution in [0.25, 0.3) is 11.1 Å². The molecule has 0 fully saturated rings. The number of alkyl halides is 18. The first-order valence-corrected chi connectivity index (χ1v) is 13.3. The van der Waals surface area contributed by atoms with Crippen molar-refractivity contribution >= 4 is 11.4 Å². The van der Waals surface area contributed by atoms with Crippen LogP contribution in [0.1, 0.15) is 33.4 Å². The second kappa shape index (κ2) is 12.8. The first-order valence-electron chi connectivity index (χ1n) is 13.3.